The molecule has 2 N–H and O–H groups in total. The Balaban J connectivity index is 1.49. The van der Waals surface area contributed by atoms with Crippen molar-refractivity contribution in [2.75, 3.05) is 32.7 Å². The molecule has 218 valence electrons. The van der Waals surface area contributed by atoms with Crippen LogP contribution in [0, 0.1) is 23.4 Å². The van der Waals surface area contributed by atoms with Crippen LogP contribution in [-0.2, 0) is 26.0 Å². The van der Waals surface area contributed by atoms with E-state index in [1.807, 2.05) is 6.92 Å². The maximum Gasteiger partial charge on any atom is 0.246 e. The molecule has 2 fully saturated rings. The fourth-order valence-corrected chi connectivity index (χ4v) is 6.90. The average Bonchev–Trinajstić information content (AvgIpc) is 3.27. The zero-order chi connectivity index (χ0) is 28.9. The van der Waals surface area contributed by atoms with Gasteiger partial charge in [0, 0.05) is 57.3 Å². The van der Waals surface area contributed by atoms with Crippen LogP contribution in [0.4, 0.5) is 13.2 Å². The van der Waals surface area contributed by atoms with Crippen molar-refractivity contribution in [1.82, 2.24) is 19.8 Å². The number of likely N-dealkylation sites (tertiary alicyclic amines) is 1. The van der Waals surface area contributed by atoms with Gasteiger partial charge in [0.15, 0.2) is 0 Å². The van der Waals surface area contributed by atoms with E-state index in [-0.39, 0.29) is 44.2 Å². The number of carbonyl (C=O) groups is 2. The lowest BCUT2D eigenvalue weighted by atomic mass is 9.97. The molecular weight excluding hydrogens is 545 g/mol. The van der Waals surface area contributed by atoms with Crippen molar-refractivity contribution in [3.8, 4) is 0 Å². The molecule has 0 bridgehead atoms. The molecule has 12 heteroatoms. The number of halogens is 3. The molecule has 2 heterocycles. The highest BCUT2D eigenvalue weighted by atomic mass is 32.2. The lowest BCUT2D eigenvalue weighted by Gasteiger charge is -2.35. The van der Waals surface area contributed by atoms with Crippen molar-refractivity contribution in [1.29, 1.82) is 0 Å². The van der Waals surface area contributed by atoms with Gasteiger partial charge >= 0.3 is 0 Å². The summed E-state index contributed by atoms with van der Waals surface area (Å²) in [5.74, 6) is -3.29. The summed E-state index contributed by atoms with van der Waals surface area (Å²) >= 11 is 0. The van der Waals surface area contributed by atoms with Crippen molar-refractivity contribution < 1.29 is 31.2 Å². The summed E-state index contributed by atoms with van der Waals surface area (Å²) in [6.07, 6.45) is 2.19. The summed E-state index contributed by atoms with van der Waals surface area (Å²) in [6, 6.07) is 7.29. The number of nitrogens with one attached hydrogen (secondary N) is 2. The quantitative estimate of drug-likeness (QED) is 0.426. The topological polar surface area (TPSA) is 98.8 Å². The average molecular weight is 581 g/mol. The van der Waals surface area contributed by atoms with E-state index >= 15 is 0 Å². The van der Waals surface area contributed by atoms with Gasteiger partial charge in [0.1, 0.15) is 22.3 Å². The summed E-state index contributed by atoms with van der Waals surface area (Å²) in [4.78, 5) is 26.9. The van der Waals surface area contributed by atoms with Crippen LogP contribution in [0.2, 0.25) is 0 Å². The minimum absolute atomic E-state index is 0.0211. The van der Waals surface area contributed by atoms with E-state index in [1.54, 1.807) is 4.90 Å². The molecule has 2 saturated heterocycles. The highest BCUT2D eigenvalue weighted by Gasteiger charge is 2.36. The molecular formula is C28H35F3N4O4S. The van der Waals surface area contributed by atoms with Crippen LogP contribution in [0.25, 0.3) is 0 Å². The molecule has 0 aromatic heterocycles. The summed E-state index contributed by atoms with van der Waals surface area (Å²) in [5.41, 5.74) is 0.335. The molecule has 2 aliphatic rings. The van der Waals surface area contributed by atoms with Crippen LogP contribution in [0.5, 0.6) is 0 Å². The van der Waals surface area contributed by atoms with Gasteiger partial charge in [0.2, 0.25) is 21.8 Å². The van der Waals surface area contributed by atoms with Gasteiger partial charge in [0.25, 0.3) is 0 Å². The van der Waals surface area contributed by atoms with E-state index in [0.29, 0.717) is 25.2 Å². The monoisotopic (exact) mass is 580 g/mol. The molecule has 2 amide bonds. The summed E-state index contributed by atoms with van der Waals surface area (Å²) in [7, 11) is -4.10. The minimum atomic E-state index is -4.10. The summed E-state index contributed by atoms with van der Waals surface area (Å²) < 4.78 is 69.7. The van der Waals surface area contributed by atoms with Crippen molar-refractivity contribution in [3.63, 3.8) is 0 Å². The summed E-state index contributed by atoms with van der Waals surface area (Å²) in [6.45, 7) is 3.37. The molecule has 2 aliphatic heterocycles. The van der Waals surface area contributed by atoms with Crippen molar-refractivity contribution in [2.24, 2.45) is 5.92 Å². The second-order valence-corrected chi connectivity index (χ2v) is 12.4. The summed E-state index contributed by atoms with van der Waals surface area (Å²) in [5, 5.41) is 6.20. The molecule has 0 radical (unpaired) electrons. The number of amides is 2. The Kier molecular flexibility index (Phi) is 9.85. The van der Waals surface area contributed by atoms with Crippen molar-refractivity contribution in [2.45, 2.75) is 56.0 Å². The zero-order valence-corrected chi connectivity index (χ0v) is 23.2. The van der Waals surface area contributed by atoms with Gasteiger partial charge in [-0.05, 0) is 49.1 Å². The van der Waals surface area contributed by atoms with Crippen LogP contribution in [0.3, 0.4) is 0 Å². The second kappa shape index (κ2) is 13.1. The molecule has 3 atom stereocenters. The number of nitrogens with zero attached hydrogens (tertiary/aromatic N) is 2. The minimum Gasteiger partial charge on any atom is -0.353 e. The SMILES string of the molecule is CCCCN1CC(C(=O)NC(Cc2cc(F)cc(F)c2)C[C@H]2CN(S(=O)(=O)c3ccccc3F)CCN2)CC1=O. The highest BCUT2D eigenvalue weighted by Crippen LogP contribution is 2.23. The lowest BCUT2D eigenvalue weighted by molar-refractivity contribution is -0.129. The van der Waals surface area contributed by atoms with Crippen LogP contribution in [0.1, 0.15) is 38.2 Å². The van der Waals surface area contributed by atoms with Gasteiger partial charge in [-0.3, -0.25) is 9.59 Å². The maximum absolute atomic E-state index is 14.3. The van der Waals surface area contributed by atoms with Crippen LogP contribution in [0.15, 0.2) is 47.4 Å². The van der Waals surface area contributed by atoms with E-state index in [2.05, 4.69) is 10.6 Å². The molecule has 8 nitrogen and oxygen atoms in total. The number of piperazine rings is 1. The van der Waals surface area contributed by atoms with Crippen molar-refractivity contribution in [3.05, 3.63) is 65.5 Å². The molecule has 4 rings (SSSR count). The zero-order valence-electron chi connectivity index (χ0n) is 22.4. The first-order valence-electron chi connectivity index (χ1n) is 13.6. The van der Waals surface area contributed by atoms with Gasteiger partial charge in [-0.1, -0.05) is 25.5 Å². The molecule has 2 unspecified atom stereocenters. The Morgan fingerprint density at radius 3 is 2.55 bits per heavy atom. The fourth-order valence-electron chi connectivity index (χ4n) is 5.35. The molecule has 40 heavy (non-hydrogen) atoms. The Morgan fingerprint density at radius 2 is 1.85 bits per heavy atom. The predicted molar refractivity (Wildman–Crippen MR) is 143 cm³/mol. The van der Waals surface area contributed by atoms with Gasteiger partial charge in [-0.2, -0.15) is 4.31 Å². The number of carbonyl (C=O) groups excluding carboxylic acids is 2. The number of hydrogen-bond donors (Lipinski definition) is 2. The number of unbranched alkanes of at least 4 members (excludes halogenated alkanes) is 1. The first-order chi connectivity index (χ1) is 19.1. The number of benzene rings is 2. The normalized spacial score (nSPS) is 21.0. The number of hydrogen-bond acceptors (Lipinski definition) is 5. The number of rotatable bonds is 11. The van der Waals surface area contributed by atoms with E-state index < -0.39 is 50.4 Å². The largest absolute Gasteiger partial charge is 0.353 e. The third-order valence-electron chi connectivity index (χ3n) is 7.36. The first-order valence-corrected chi connectivity index (χ1v) is 15.0. The Morgan fingerprint density at radius 1 is 1.12 bits per heavy atom. The fraction of sp³-hybridized carbons (Fsp3) is 0.500. The predicted octanol–water partition coefficient (Wildman–Crippen LogP) is 2.83. The van der Waals surface area contributed by atoms with Gasteiger partial charge in [0.05, 0.1) is 5.92 Å². The highest BCUT2D eigenvalue weighted by molar-refractivity contribution is 7.89. The van der Waals surface area contributed by atoms with E-state index in [4.69, 9.17) is 0 Å². The molecule has 0 saturated carbocycles. The van der Waals surface area contributed by atoms with Gasteiger partial charge < -0.3 is 15.5 Å². The van der Waals surface area contributed by atoms with E-state index in [0.717, 1.165) is 25.0 Å². The molecule has 2 aromatic carbocycles. The van der Waals surface area contributed by atoms with Crippen molar-refractivity contribution >= 4 is 21.8 Å². The lowest BCUT2D eigenvalue weighted by Crippen LogP contribution is -2.55. The second-order valence-electron chi connectivity index (χ2n) is 10.5. The first kappa shape index (κ1) is 30.0. The van der Waals surface area contributed by atoms with Crippen LogP contribution in [-0.4, -0.2) is 74.2 Å². The maximum atomic E-state index is 14.3. The Bertz CT molecular complexity index is 1310. The molecule has 0 spiro atoms. The number of sulfonamides is 1. The van der Waals surface area contributed by atoms with Crippen LogP contribution < -0.4 is 10.6 Å². The standard InChI is InChI=1S/C28H35F3N4O4S/c1-2-3-9-34-17-20(14-27(34)36)28(37)33-23(13-19-11-21(29)15-22(30)12-19)16-24-18-35(10-8-32-24)40(38,39)26-7-5-4-6-25(26)31/h4-7,11-12,15,20,23-24,32H,2-3,8-10,13-14,16-18H2,1H3,(H,33,37)/t20?,23?,24-/m0/s1. The van der Waals surface area contributed by atoms with E-state index in [1.165, 1.54) is 34.6 Å². The molecule has 0 aliphatic carbocycles. The van der Waals surface area contributed by atoms with Gasteiger partial charge in [-0.25, -0.2) is 21.6 Å². The third-order valence-corrected chi connectivity index (χ3v) is 9.26. The Labute approximate surface area is 233 Å². The van der Waals surface area contributed by atoms with E-state index in [9.17, 15) is 31.2 Å². The van der Waals surface area contributed by atoms with Crippen LogP contribution >= 0.6 is 0 Å². The molecule has 2 aromatic rings. The third kappa shape index (κ3) is 7.41. The smallest absolute Gasteiger partial charge is 0.246 e. The Hall–Kier alpha value is -2.96. The van der Waals surface area contributed by atoms with Gasteiger partial charge in [-0.15, -0.1) is 0 Å².